The van der Waals surface area contributed by atoms with Crippen molar-refractivity contribution in [3.63, 3.8) is 0 Å². The second-order valence-electron chi connectivity index (χ2n) is 5.16. The summed E-state index contributed by atoms with van der Waals surface area (Å²) in [5.41, 5.74) is 4.92. The summed E-state index contributed by atoms with van der Waals surface area (Å²) in [6, 6.07) is 0.318. The van der Waals surface area contributed by atoms with Crippen LogP contribution in [-0.4, -0.2) is 17.0 Å². The van der Waals surface area contributed by atoms with Crippen molar-refractivity contribution < 1.29 is 13.2 Å². The number of aromatic nitrogens is 1. The standard InChI is InChI=1S/C13H19F3N4S.HI/c14-13(15,16)10-8-21-11(20-10)7-18-12(17)19-9-5-3-1-2-4-6-9;/h8-9H,1-7H2,(H3,17,18,19);1H. The molecule has 0 bridgehead atoms. The van der Waals surface area contributed by atoms with Gasteiger partial charge in [0.05, 0.1) is 6.54 Å². The van der Waals surface area contributed by atoms with Gasteiger partial charge in [0, 0.05) is 11.4 Å². The predicted molar refractivity (Wildman–Crippen MR) is 92.5 cm³/mol. The zero-order valence-electron chi connectivity index (χ0n) is 12.0. The van der Waals surface area contributed by atoms with Crippen LogP contribution >= 0.6 is 35.3 Å². The molecule has 0 radical (unpaired) electrons. The monoisotopic (exact) mass is 448 g/mol. The number of nitrogens with zero attached hydrogens (tertiary/aromatic N) is 2. The number of alkyl halides is 3. The third-order valence-corrected chi connectivity index (χ3v) is 4.27. The van der Waals surface area contributed by atoms with E-state index < -0.39 is 11.9 Å². The van der Waals surface area contributed by atoms with Gasteiger partial charge in [0.2, 0.25) is 0 Å². The number of aliphatic imine (C=N–C) groups is 1. The van der Waals surface area contributed by atoms with Crippen LogP contribution in [0.2, 0.25) is 0 Å². The van der Waals surface area contributed by atoms with E-state index in [1.54, 1.807) is 0 Å². The number of rotatable bonds is 3. The lowest BCUT2D eigenvalue weighted by Crippen LogP contribution is -2.39. The summed E-state index contributed by atoms with van der Waals surface area (Å²) in [5, 5.41) is 4.46. The first-order valence-electron chi connectivity index (χ1n) is 7.03. The Morgan fingerprint density at radius 2 is 1.95 bits per heavy atom. The van der Waals surface area contributed by atoms with E-state index in [9.17, 15) is 13.2 Å². The number of guanidine groups is 1. The van der Waals surface area contributed by atoms with Crippen LogP contribution in [-0.2, 0) is 12.7 Å². The first-order chi connectivity index (χ1) is 9.95. The summed E-state index contributed by atoms with van der Waals surface area (Å²) in [6.07, 6.45) is 2.56. The molecule has 2 rings (SSSR count). The SMILES string of the molecule is I.NC(=NCc1nc(C(F)(F)F)cs1)NC1CCCCCC1. The average Bonchev–Trinajstić information content (AvgIpc) is 2.76. The molecular weight excluding hydrogens is 428 g/mol. The van der Waals surface area contributed by atoms with E-state index in [1.165, 1.54) is 25.7 Å². The van der Waals surface area contributed by atoms with Gasteiger partial charge in [0.15, 0.2) is 11.7 Å². The van der Waals surface area contributed by atoms with Crippen molar-refractivity contribution in [3.05, 3.63) is 16.1 Å². The van der Waals surface area contributed by atoms with Crippen LogP contribution in [0.3, 0.4) is 0 Å². The maximum Gasteiger partial charge on any atom is 0.434 e. The molecule has 3 N–H and O–H groups in total. The normalized spacial score (nSPS) is 17.7. The van der Waals surface area contributed by atoms with Crippen LogP contribution < -0.4 is 11.1 Å². The van der Waals surface area contributed by atoms with E-state index in [4.69, 9.17) is 5.73 Å². The molecule has 9 heteroatoms. The van der Waals surface area contributed by atoms with Gasteiger partial charge in [-0.25, -0.2) is 9.98 Å². The Labute approximate surface area is 148 Å². The van der Waals surface area contributed by atoms with Crippen LogP contribution in [0, 0.1) is 0 Å². The highest BCUT2D eigenvalue weighted by Crippen LogP contribution is 2.30. The van der Waals surface area contributed by atoms with Gasteiger partial charge in [-0.1, -0.05) is 25.7 Å². The molecule has 0 atom stereocenters. The molecule has 1 saturated carbocycles. The molecule has 0 aliphatic heterocycles. The van der Waals surface area contributed by atoms with Crippen LogP contribution in [0.25, 0.3) is 0 Å². The van der Waals surface area contributed by atoms with Gasteiger partial charge < -0.3 is 11.1 Å². The molecule has 22 heavy (non-hydrogen) atoms. The lowest BCUT2D eigenvalue weighted by molar-refractivity contribution is -0.140. The van der Waals surface area contributed by atoms with Crippen molar-refractivity contribution in [1.29, 1.82) is 0 Å². The number of nitrogens with one attached hydrogen (secondary N) is 1. The average molecular weight is 448 g/mol. The summed E-state index contributed by atoms with van der Waals surface area (Å²) >= 11 is 0.946. The Kier molecular flexibility index (Phi) is 7.87. The van der Waals surface area contributed by atoms with Crippen LogP contribution in [0.15, 0.2) is 10.4 Å². The van der Waals surface area contributed by atoms with E-state index in [0.717, 1.165) is 29.6 Å². The maximum atomic E-state index is 12.4. The van der Waals surface area contributed by atoms with Crippen LogP contribution in [0.1, 0.15) is 49.2 Å². The summed E-state index contributed by atoms with van der Waals surface area (Å²) in [7, 11) is 0. The van der Waals surface area contributed by atoms with Crippen molar-refractivity contribution in [2.45, 2.75) is 57.3 Å². The highest BCUT2D eigenvalue weighted by atomic mass is 127. The van der Waals surface area contributed by atoms with Crippen molar-refractivity contribution in [3.8, 4) is 0 Å². The molecule has 4 nitrogen and oxygen atoms in total. The fourth-order valence-electron chi connectivity index (χ4n) is 2.34. The number of hydrogen-bond acceptors (Lipinski definition) is 3. The molecule has 0 unspecified atom stereocenters. The van der Waals surface area contributed by atoms with E-state index >= 15 is 0 Å². The fraction of sp³-hybridized carbons (Fsp3) is 0.692. The first-order valence-corrected chi connectivity index (χ1v) is 7.91. The van der Waals surface area contributed by atoms with Crippen LogP contribution in [0.4, 0.5) is 13.2 Å². The molecule has 0 aromatic carbocycles. The Hall–Kier alpha value is -0.580. The van der Waals surface area contributed by atoms with Crippen molar-refractivity contribution in [2.75, 3.05) is 0 Å². The topological polar surface area (TPSA) is 63.3 Å². The van der Waals surface area contributed by atoms with Gasteiger partial charge >= 0.3 is 6.18 Å². The van der Waals surface area contributed by atoms with E-state index in [2.05, 4.69) is 15.3 Å². The number of nitrogens with two attached hydrogens (primary N) is 1. The van der Waals surface area contributed by atoms with Gasteiger partial charge in [-0.2, -0.15) is 13.2 Å². The van der Waals surface area contributed by atoms with Gasteiger partial charge in [-0.05, 0) is 12.8 Å². The van der Waals surface area contributed by atoms with Crippen LogP contribution in [0.5, 0.6) is 0 Å². The minimum atomic E-state index is -4.40. The third-order valence-electron chi connectivity index (χ3n) is 3.43. The summed E-state index contributed by atoms with van der Waals surface area (Å²) < 4.78 is 37.3. The number of halogens is 4. The van der Waals surface area contributed by atoms with Gasteiger partial charge in [0.25, 0.3) is 0 Å². The molecule has 126 valence electrons. The molecule has 0 spiro atoms. The van der Waals surface area contributed by atoms with Crippen molar-refractivity contribution in [1.82, 2.24) is 10.3 Å². The predicted octanol–water partition coefficient (Wildman–Crippen LogP) is 3.91. The Morgan fingerprint density at radius 1 is 1.32 bits per heavy atom. The zero-order valence-corrected chi connectivity index (χ0v) is 15.2. The van der Waals surface area contributed by atoms with E-state index in [-0.39, 0.29) is 36.5 Å². The smallest absolute Gasteiger partial charge is 0.370 e. The quantitative estimate of drug-likeness (QED) is 0.319. The molecule has 1 aliphatic rings. The largest absolute Gasteiger partial charge is 0.434 e. The summed E-state index contributed by atoms with van der Waals surface area (Å²) in [6.45, 7) is 0.0757. The summed E-state index contributed by atoms with van der Waals surface area (Å²) in [5.74, 6) is 0.283. The van der Waals surface area contributed by atoms with E-state index in [1.807, 2.05) is 0 Å². The van der Waals surface area contributed by atoms with Gasteiger partial charge in [0.1, 0.15) is 5.01 Å². The maximum absolute atomic E-state index is 12.4. The number of hydrogen-bond donors (Lipinski definition) is 2. The lowest BCUT2D eigenvalue weighted by Gasteiger charge is -2.16. The molecule has 1 heterocycles. The zero-order chi connectivity index (χ0) is 15.3. The molecule has 1 aliphatic carbocycles. The molecule has 0 amide bonds. The minimum Gasteiger partial charge on any atom is -0.370 e. The molecule has 1 fully saturated rings. The highest BCUT2D eigenvalue weighted by Gasteiger charge is 2.33. The van der Waals surface area contributed by atoms with Gasteiger partial charge in [-0.15, -0.1) is 35.3 Å². The fourth-order valence-corrected chi connectivity index (χ4v) is 3.07. The highest BCUT2D eigenvalue weighted by molar-refractivity contribution is 14.0. The van der Waals surface area contributed by atoms with E-state index in [0.29, 0.717) is 11.0 Å². The van der Waals surface area contributed by atoms with Crippen molar-refractivity contribution in [2.24, 2.45) is 10.7 Å². The second kappa shape index (κ2) is 8.90. The Bertz CT molecular complexity index is 482. The Morgan fingerprint density at radius 3 is 2.50 bits per heavy atom. The first kappa shape index (κ1) is 19.5. The molecule has 0 saturated heterocycles. The van der Waals surface area contributed by atoms with Gasteiger partial charge in [-0.3, -0.25) is 0 Å². The molecule has 1 aromatic rings. The van der Waals surface area contributed by atoms with Crippen molar-refractivity contribution >= 4 is 41.3 Å². The lowest BCUT2D eigenvalue weighted by atomic mass is 10.1. The molecular formula is C13H20F3IN4S. The number of thiazole rings is 1. The molecule has 1 aromatic heterocycles. The summed E-state index contributed by atoms with van der Waals surface area (Å²) in [4.78, 5) is 7.60. The second-order valence-corrected chi connectivity index (χ2v) is 6.10. The third kappa shape index (κ3) is 6.27. The minimum absolute atomic E-state index is 0. The Balaban J connectivity index is 0.00000242.